The molecule has 21 heavy (non-hydrogen) atoms. The molecule has 0 aliphatic heterocycles. The Balaban J connectivity index is 2.03. The number of rotatable bonds is 4. The van der Waals surface area contributed by atoms with Crippen molar-refractivity contribution in [3.8, 4) is 6.07 Å². The van der Waals surface area contributed by atoms with Crippen LogP contribution in [0.3, 0.4) is 0 Å². The summed E-state index contributed by atoms with van der Waals surface area (Å²) in [7, 11) is 0. The summed E-state index contributed by atoms with van der Waals surface area (Å²) < 4.78 is 0. The fourth-order valence-electron chi connectivity index (χ4n) is 2.99. The second-order valence-electron chi connectivity index (χ2n) is 5.80. The molecule has 4 nitrogen and oxygen atoms in total. The highest BCUT2D eigenvalue weighted by Gasteiger charge is 2.32. The summed E-state index contributed by atoms with van der Waals surface area (Å²) in [6.45, 7) is 0.546. The molecule has 2 rings (SSSR count). The van der Waals surface area contributed by atoms with Gasteiger partial charge in [-0.1, -0.05) is 30.9 Å². The number of carbonyl (C=O) groups is 1. The van der Waals surface area contributed by atoms with E-state index in [1.54, 1.807) is 18.2 Å². The Bertz CT molecular complexity index is 559. The molecule has 0 saturated heterocycles. The van der Waals surface area contributed by atoms with Crippen LogP contribution in [0.2, 0.25) is 5.02 Å². The van der Waals surface area contributed by atoms with Gasteiger partial charge in [0.1, 0.15) is 6.07 Å². The fraction of sp³-hybridized carbons (Fsp3) is 0.500. The van der Waals surface area contributed by atoms with E-state index >= 15 is 0 Å². The van der Waals surface area contributed by atoms with Crippen LogP contribution in [0, 0.1) is 16.7 Å². The fourth-order valence-corrected chi connectivity index (χ4v) is 3.15. The van der Waals surface area contributed by atoms with Crippen LogP contribution in [-0.2, 0) is 4.79 Å². The Morgan fingerprint density at radius 3 is 2.71 bits per heavy atom. The number of nitrogens with one attached hydrogen (secondary N) is 1. The molecule has 0 unspecified atom stereocenters. The second kappa shape index (κ2) is 6.93. The van der Waals surface area contributed by atoms with Crippen molar-refractivity contribution in [3.63, 3.8) is 0 Å². The van der Waals surface area contributed by atoms with E-state index in [9.17, 15) is 4.79 Å². The minimum absolute atomic E-state index is 0.0476. The van der Waals surface area contributed by atoms with E-state index in [0.29, 0.717) is 29.2 Å². The lowest BCUT2D eigenvalue weighted by Crippen LogP contribution is -2.36. The van der Waals surface area contributed by atoms with Gasteiger partial charge < -0.3 is 11.1 Å². The first-order valence-electron chi connectivity index (χ1n) is 7.28. The van der Waals surface area contributed by atoms with E-state index in [-0.39, 0.29) is 11.3 Å². The molecule has 0 heterocycles. The standard InChI is InChI=1S/C16H20ClN3O/c17-14-5-4-13(8-12(14)10-18)20-15(21)9-16(11-19)6-2-1-3-7-16/h4-5,8H,1-3,6-7,9,11,19H2,(H,20,21). The monoisotopic (exact) mass is 305 g/mol. The Morgan fingerprint density at radius 1 is 1.38 bits per heavy atom. The van der Waals surface area contributed by atoms with Gasteiger partial charge in [0.2, 0.25) is 5.91 Å². The van der Waals surface area contributed by atoms with Crippen LogP contribution in [0.5, 0.6) is 0 Å². The lowest BCUT2D eigenvalue weighted by atomic mass is 9.71. The van der Waals surface area contributed by atoms with Gasteiger partial charge in [-0.3, -0.25) is 4.79 Å². The van der Waals surface area contributed by atoms with E-state index in [0.717, 1.165) is 25.7 Å². The summed E-state index contributed by atoms with van der Waals surface area (Å²) >= 11 is 5.88. The topological polar surface area (TPSA) is 78.9 Å². The van der Waals surface area contributed by atoms with Crippen LogP contribution in [0.4, 0.5) is 5.69 Å². The number of benzene rings is 1. The molecule has 0 atom stereocenters. The molecule has 1 saturated carbocycles. The predicted octanol–water partition coefficient (Wildman–Crippen LogP) is 3.45. The van der Waals surface area contributed by atoms with Crippen LogP contribution in [0.1, 0.15) is 44.1 Å². The SMILES string of the molecule is N#Cc1cc(NC(=O)CC2(CN)CCCCC2)ccc1Cl. The van der Waals surface area contributed by atoms with Gasteiger partial charge in [-0.2, -0.15) is 5.26 Å². The zero-order valence-electron chi connectivity index (χ0n) is 12.0. The molecule has 5 heteroatoms. The lowest BCUT2D eigenvalue weighted by molar-refractivity contribution is -0.118. The third kappa shape index (κ3) is 3.96. The van der Waals surface area contributed by atoms with Gasteiger partial charge in [0, 0.05) is 12.1 Å². The van der Waals surface area contributed by atoms with Crippen molar-refractivity contribution in [2.45, 2.75) is 38.5 Å². The number of hydrogen-bond acceptors (Lipinski definition) is 3. The molecule has 0 bridgehead atoms. The van der Waals surface area contributed by atoms with Gasteiger partial charge in [-0.25, -0.2) is 0 Å². The summed E-state index contributed by atoms with van der Waals surface area (Å²) in [4.78, 5) is 12.2. The van der Waals surface area contributed by atoms with Crippen LogP contribution in [0.25, 0.3) is 0 Å². The summed E-state index contributed by atoms with van der Waals surface area (Å²) in [5, 5.41) is 12.2. The highest BCUT2D eigenvalue weighted by atomic mass is 35.5. The van der Waals surface area contributed by atoms with E-state index in [4.69, 9.17) is 22.6 Å². The minimum Gasteiger partial charge on any atom is -0.330 e. The van der Waals surface area contributed by atoms with E-state index in [2.05, 4.69) is 5.32 Å². The quantitative estimate of drug-likeness (QED) is 0.894. The molecule has 1 aromatic rings. The molecule has 0 radical (unpaired) electrons. The number of anilines is 1. The highest BCUT2D eigenvalue weighted by Crippen LogP contribution is 2.38. The zero-order chi connectivity index (χ0) is 15.3. The largest absolute Gasteiger partial charge is 0.330 e. The zero-order valence-corrected chi connectivity index (χ0v) is 12.7. The normalized spacial score (nSPS) is 17.0. The number of nitrogens with zero attached hydrogens (tertiary/aromatic N) is 1. The first-order chi connectivity index (χ1) is 10.1. The Morgan fingerprint density at radius 2 is 2.10 bits per heavy atom. The van der Waals surface area contributed by atoms with Crippen LogP contribution < -0.4 is 11.1 Å². The molecule has 0 aromatic heterocycles. The number of hydrogen-bond donors (Lipinski definition) is 2. The number of amides is 1. The smallest absolute Gasteiger partial charge is 0.224 e. The van der Waals surface area contributed by atoms with Crippen molar-refractivity contribution in [1.29, 1.82) is 5.26 Å². The van der Waals surface area contributed by atoms with Gasteiger partial charge in [0.25, 0.3) is 0 Å². The molecule has 1 fully saturated rings. The number of nitriles is 1. The molecular formula is C16H20ClN3O. The van der Waals surface area contributed by atoms with Crippen molar-refractivity contribution in [1.82, 2.24) is 0 Å². The minimum atomic E-state index is -0.0627. The summed E-state index contributed by atoms with van der Waals surface area (Å²) in [5.41, 5.74) is 6.80. The van der Waals surface area contributed by atoms with Crippen LogP contribution in [-0.4, -0.2) is 12.5 Å². The first kappa shape index (κ1) is 15.8. The molecule has 0 spiro atoms. The third-order valence-electron chi connectivity index (χ3n) is 4.25. The summed E-state index contributed by atoms with van der Waals surface area (Å²) in [6.07, 6.45) is 5.98. The van der Waals surface area contributed by atoms with Gasteiger partial charge in [-0.05, 0) is 43.0 Å². The number of nitrogens with two attached hydrogens (primary N) is 1. The maximum Gasteiger partial charge on any atom is 0.224 e. The molecule has 112 valence electrons. The third-order valence-corrected chi connectivity index (χ3v) is 4.58. The van der Waals surface area contributed by atoms with Crippen molar-refractivity contribution in [2.24, 2.45) is 11.1 Å². The predicted molar refractivity (Wildman–Crippen MR) is 84.0 cm³/mol. The van der Waals surface area contributed by atoms with E-state index in [1.165, 1.54) is 6.42 Å². The average Bonchev–Trinajstić information content (AvgIpc) is 2.50. The van der Waals surface area contributed by atoms with Crippen LogP contribution >= 0.6 is 11.6 Å². The number of halogens is 1. The van der Waals surface area contributed by atoms with Crippen molar-refractivity contribution < 1.29 is 4.79 Å². The second-order valence-corrected chi connectivity index (χ2v) is 6.20. The van der Waals surface area contributed by atoms with Gasteiger partial charge >= 0.3 is 0 Å². The van der Waals surface area contributed by atoms with E-state index in [1.807, 2.05) is 6.07 Å². The average molecular weight is 306 g/mol. The van der Waals surface area contributed by atoms with Crippen LogP contribution in [0.15, 0.2) is 18.2 Å². The van der Waals surface area contributed by atoms with Gasteiger partial charge in [-0.15, -0.1) is 0 Å². The molecular weight excluding hydrogens is 286 g/mol. The molecule has 1 aromatic carbocycles. The number of carbonyl (C=O) groups excluding carboxylic acids is 1. The van der Waals surface area contributed by atoms with Crippen molar-refractivity contribution >= 4 is 23.2 Å². The maximum atomic E-state index is 12.2. The summed E-state index contributed by atoms with van der Waals surface area (Å²) in [5.74, 6) is -0.0476. The van der Waals surface area contributed by atoms with E-state index < -0.39 is 0 Å². The first-order valence-corrected chi connectivity index (χ1v) is 7.66. The Labute approximate surface area is 130 Å². The van der Waals surface area contributed by atoms with Gasteiger partial charge in [0.05, 0.1) is 10.6 Å². The Hall–Kier alpha value is -1.57. The van der Waals surface area contributed by atoms with Gasteiger partial charge in [0.15, 0.2) is 0 Å². The highest BCUT2D eigenvalue weighted by molar-refractivity contribution is 6.31. The molecule has 1 aliphatic rings. The van der Waals surface area contributed by atoms with Crippen molar-refractivity contribution in [3.05, 3.63) is 28.8 Å². The molecule has 1 aliphatic carbocycles. The van der Waals surface area contributed by atoms with Crippen molar-refractivity contribution in [2.75, 3.05) is 11.9 Å². The molecule has 1 amide bonds. The lowest BCUT2D eigenvalue weighted by Gasteiger charge is -2.35. The molecule has 3 N–H and O–H groups in total. The summed E-state index contributed by atoms with van der Waals surface area (Å²) in [6, 6.07) is 6.92. The Kier molecular flexibility index (Phi) is 5.22. The maximum absolute atomic E-state index is 12.2.